The van der Waals surface area contributed by atoms with Crippen molar-refractivity contribution in [2.75, 3.05) is 39.3 Å². The number of nitrogens with one attached hydrogen (secondary N) is 1. The molecular weight excluding hydrogens is 344 g/mol. The first-order valence-electron chi connectivity index (χ1n) is 10.1. The lowest BCUT2D eigenvalue weighted by atomic mass is 9.96. The lowest BCUT2D eigenvalue weighted by molar-refractivity contribution is -0.130. The van der Waals surface area contributed by atoms with Gasteiger partial charge in [-0.15, -0.1) is 0 Å². The Kier molecular flexibility index (Phi) is 6.55. The van der Waals surface area contributed by atoms with Crippen LogP contribution in [0.2, 0.25) is 0 Å². The summed E-state index contributed by atoms with van der Waals surface area (Å²) in [6.07, 6.45) is 1.69. The van der Waals surface area contributed by atoms with Crippen LogP contribution in [-0.2, 0) is 16.0 Å². The monoisotopic (exact) mass is 378 g/mol. The molecule has 2 N–H and O–H groups in total. The third-order valence-electron chi connectivity index (χ3n) is 6.02. The SMILES string of the molecule is Cc1n[nH]c(C)c1CCC(=O)N1C[C@@H](CO)[C@@H](CN2C[C@@H](C)O[C@@H](C)C2)C1. The number of aryl methyl sites for hydroxylation is 2. The maximum atomic E-state index is 12.7. The average molecular weight is 379 g/mol. The molecule has 152 valence electrons. The molecule has 4 atom stereocenters. The Bertz CT molecular complexity index is 618. The van der Waals surface area contributed by atoms with Gasteiger partial charge in [0, 0.05) is 57.4 Å². The van der Waals surface area contributed by atoms with Crippen LogP contribution in [0.5, 0.6) is 0 Å². The maximum Gasteiger partial charge on any atom is 0.222 e. The van der Waals surface area contributed by atoms with E-state index in [1.165, 1.54) is 0 Å². The van der Waals surface area contributed by atoms with Crippen LogP contribution in [0.15, 0.2) is 0 Å². The van der Waals surface area contributed by atoms with E-state index in [1.54, 1.807) is 0 Å². The van der Waals surface area contributed by atoms with Gasteiger partial charge in [0.1, 0.15) is 0 Å². The van der Waals surface area contributed by atoms with E-state index in [0.29, 0.717) is 18.9 Å². The fourth-order valence-corrected chi connectivity index (χ4v) is 4.65. The fourth-order valence-electron chi connectivity index (χ4n) is 4.65. The number of aliphatic hydroxyl groups is 1. The molecule has 0 radical (unpaired) electrons. The second-order valence-corrected chi connectivity index (χ2v) is 8.39. The second-order valence-electron chi connectivity index (χ2n) is 8.39. The Balaban J connectivity index is 1.54. The minimum absolute atomic E-state index is 0.143. The number of hydrogen-bond acceptors (Lipinski definition) is 5. The van der Waals surface area contributed by atoms with Crippen molar-refractivity contribution in [1.29, 1.82) is 0 Å². The molecule has 7 nitrogen and oxygen atoms in total. The number of carbonyl (C=O) groups is 1. The zero-order chi connectivity index (χ0) is 19.6. The van der Waals surface area contributed by atoms with Crippen molar-refractivity contribution in [1.82, 2.24) is 20.0 Å². The molecule has 27 heavy (non-hydrogen) atoms. The molecule has 0 bridgehead atoms. The fraction of sp³-hybridized carbons (Fsp3) is 0.800. The first kappa shape index (κ1) is 20.3. The van der Waals surface area contributed by atoms with Crippen molar-refractivity contribution in [3.8, 4) is 0 Å². The molecule has 1 aromatic heterocycles. The van der Waals surface area contributed by atoms with E-state index >= 15 is 0 Å². The molecule has 0 unspecified atom stereocenters. The largest absolute Gasteiger partial charge is 0.396 e. The van der Waals surface area contributed by atoms with Gasteiger partial charge in [-0.1, -0.05) is 0 Å². The van der Waals surface area contributed by atoms with Crippen molar-refractivity contribution < 1.29 is 14.6 Å². The van der Waals surface area contributed by atoms with Crippen LogP contribution in [0, 0.1) is 25.7 Å². The van der Waals surface area contributed by atoms with Gasteiger partial charge < -0.3 is 14.7 Å². The molecule has 1 amide bonds. The van der Waals surface area contributed by atoms with Gasteiger partial charge in [0.05, 0.1) is 17.9 Å². The number of ether oxygens (including phenoxy) is 1. The number of hydrogen-bond donors (Lipinski definition) is 2. The van der Waals surface area contributed by atoms with E-state index in [-0.39, 0.29) is 30.6 Å². The first-order valence-corrected chi connectivity index (χ1v) is 10.1. The number of likely N-dealkylation sites (tertiary alicyclic amines) is 1. The quantitative estimate of drug-likeness (QED) is 0.776. The Hall–Kier alpha value is -1.44. The van der Waals surface area contributed by atoms with Gasteiger partial charge in [-0.25, -0.2) is 0 Å². The van der Waals surface area contributed by atoms with Crippen LogP contribution in [-0.4, -0.2) is 82.5 Å². The normalized spacial score (nSPS) is 29.4. The lowest BCUT2D eigenvalue weighted by Crippen LogP contribution is -2.48. The molecule has 0 spiro atoms. The highest BCUT2D eigenvalue weighted by atomic mass is 16.5. The molecule has 2 aliphatic heterocycles. The topological polar surface area (TPSA) is 81.7 Å². The summed E-state index contributed by atoms with van der Waals surface area (Å²) in [5.41, 5.74) is 3.17. The summed E-state index contributed by atoms with van der Waals surface area (Å²) in [6.45, 7) is 12.5. The molecule has 2 fully saturated rings. The van der Waals surface area contributed by atoms with E-state index in [0.717, 1.165) is 49.6 Å². The number of amides is 1. The summed E-state index contributed by atoms with van der Waals surface area (Å²) in [7, 11) is 0. The van der Waals surface area contributed by atoms with E-state index < -0.39 is 0 Å². The van der Waals surface area contributed by atoms with Crippen LogP contribution < -0.4 is 0 Å². The summed E-state index contributed by atoms with van der Waals surface area (Å²) in [6, 6.07) is 0. The minimum Gasteiger partial charge on any atom is -0.396 e. The van der Waals surface area contributed by atoms with Crippen molar-refractivity contribution in [2.24, 2.45) is 11.8 Å². The molecule has 0 aromatic carbocycles. The predicted molar refractivity (Wildman–Crippen MR) is 103 cm³/mol. The summed E-state index contributed by atoms with van der Waals surface area (Å²) in [5, 5.41) is 17.0. The molecule has 1 aromatic rings. The molecule has 7 heteroatoms. The molecule has 2 saturated heterocycles. The zero-order valence-corrected chi connectivity index (χ0v) is 17.1. The maximum absolute atomic E-state index is 12.7. The molecule has 0 aliphatic carbocycles. The molecule has 3 heterocycles. The van der Waals surface area contributed by atoms with Crippen LogP contribution in [0.1, 0.15) is 37.2 Å². The minimum atomic E-state index is 0.143. The van der Waals surface area contributed by atoms with Crippen molar-refractivity contribution in [3.63, 3.8) is 0 Å². The molecule has 2 aliphatic rings. The number of aromatic amines is 1. The van der Waals surface area contributed by atoms with Crippen molar-refractivity contribution in [2.45, 2.75) is 52.7 Å². The number of morpholine rings is 1. The Morgan fingerprint density at radius 3 is 2.44 bits per heavy atom. The van der Waals surface area contributed by atoms with Crippen molar-refractivity contribution >= 4 is 5.91 Å². The van der Waals surface area contributed by atoms with Gasteiger partial charge in [-0.3, -0.25) is 14.8 Å². The Morgan fingerprint density at radius 1 is 1.19 bits per heavy atom. The second kappa shape index (κ2) is 8.71. The number of carbonyl (C=O) groups excluding carboxylic acids is 1. The van der Waals surface area contributed by atoms with E-state index in [9.17, 15) is 9.90 Å². The van der Waals surface area contributed by atoms with Gasteiger partial charge in [0.2, 0.25) is 5.91 Å². The Labute approximate surface area is 162 Å². The summed E-state index contributed by atoms with van der Waals surface area (Å²) < 4.78 is 5.82. The van der Waals surface area contributed by atoms with Gasteiger partial charge >= 0.3 is 0 Å². The number of aliphatic hydroxyl groups excluding tert-OH is 1. The third-order valence-corrected chi connectivity index (χ3v) is 6.02. The van der Waals surface area contributed by atoms with Crippen LogP contribution in [0.25, 0.3) is 0 Å². The van der Waals surface area contributed by atoms with Crippen LogP contribution in [0.4, 0.5) is 0 Å². The number of nitrogens with zero attached hydrogens (tertiary/aromatic N) is 3. The molecule has 3 rings (SSSR count). The average Bonchev–Trinajstić information content (AvgIpc) is 3.15. The van der Waals surface area contributed by atoms with Crippen molar-refractivity contribution in [3.05, 3.63) is 17.0 Å². The highest BCUT2D eigenvalue weighted by Crippen LogP contribution is 2.26. The highest BCUT2D eigenvalue weighted by Gasteiger charge is 2.36. The van der Waals surface area contributed by atoms with Gasteiger partial charge in [-0.2, -0.15) is 5.10 Å². The smallest absolute Gasteiger partial charge is 0.222 e. The Morgan fingerprint density at radius 2 is 1.85 bits per heavy atom. The molecule has 0 saturated carbocycles. The standard InChI is InChI=1S/C20H34N4O3/c1-13-7-23(8-14(2)27-13)9-17-10-24(11-18(17)12-25)20(26)6-5-19-15(3)21-22-16(19)4/h13-14,17-18,25H,5-12H2,1-4H3,(H,21,22)/t13-,14+,17-,18-/m0/s1. The van der Waals surface area contributed by atoms with E-state index in [1.807, 2.05) is 18.7 Å². The zero-order valence-electron chi connectivity index (χ0n) is 17.1. The number of aromatic nitrogens is 2. The highest BCUT2D eigenvalue weighted by molar-refractivity contribution is 5.76. The third kappa shape index (κ3) is 4.89. The lowest BCUT2D eigenvalue weighted by Gasteiger charge is -2.37. The first-order chi connectivity index (χ1) is 12.9. The van der Waals surface area contributed by atoms with E-state index in [2.05, 4.69) is 28.9 Å². The number of rotatable bonds is 6. The van der Waals surface area contributed by atoms with Crippen LogP contribution in [0.3, 0.4) is 0 Å². The van der Waals surface area contributed by atoms with Gasteiger partial charge in [0.25, 0.3) is 0 Å². The number of H-pyrrole nitrogens is 1. The predicted octanol–water partition coefficient (Wildman–Crippen LogP) is 1.14. The summed E-state index contributed by atoms with van der Waals surface area (Å²) >= 11 is 0. The summed E-state index contributed by atoms with van der Waals surface area (Å²) in [5.74, 6) is 0.674. The van der Waals surface area contributed by atoms with Gasteiger partial charge in [-0.05, 0) is 45.6 Å². The summed E-state index contributed by atoms with van der Waals surface area (Å²) in [4.78, 5) is 17.1. The van der Waals surface area contributed by atoms with Gasteiger partial charge in [0.15, 0.2) is 0 Å². The van der Waals surface area contributed by atoms with Crippen LogP contribution >= 0.6 is 0 Å². The molecular formula is C20H34N4O3. The van der Waals surface area contributed by atoms with E-state index in [4.69, 9.17) is 4.74 Å².